The highest BCUT2D eigenvalue weighted by Crippen LogP contribution is 2.39. The second kappa shape index (κ2) is 4.82. The van der Waals surface area contributed by atoms with Gasteiger partial charge in [-0.25, -0.2) is 4.98 Å². The SMILES string of the molecule is CC1CCC(n2c(N)nc3ccc(C#N)cc32)C(C)C1. The van der Waals surface area contributed by atoms with Crippen molar-refractivity contribution >= 4 is 17.0 Å². The van der Waals surface area contributed by atoms with Gasteiger partial charge in [0.1, 0.15) is 0 Å². The van der Waals surface area contributed by atoms with E-state index in [1.54, 1.807) is 6.07 Å². The Kier molecular flexibility index (Phi) is 3.13. The van der Waals surface area contributed by atoms with Crippen LogP contribution in [0.25, 0.3) is 11.0 Å². The minimum atomic E-state index is 0.394. The van der Waals surface area contributed by atoms with Gasteiger partial charge in [-0.1, -0.05) is 13.8 Å². The van der Waals surface area contributed by atoms with Gasteiger partial charge in [0.05, 0.1) is 22.7 Å². The number of nitrogens with two attached hydrogens (primary N) is 1. The summed E-state index contributed by atoms with van der Waals surface area (Å²) in [4.78, 5) is 4.45. The first-order valence-corrected chi connectivity index (χ1v) is 7.27. The topological polar surface area (TPSA) is 67.6 Å². The van der Waals surface area contributed by atoms with Crippen molar-refractivity contribution in [2.24, 2.45) is 11.8 Å². The van der Waals surface area contributed by atoms with E-state index in [0.29, 0.717) is 23.5 Å². The largest absolute Gasteiger partial charge is 0.369 e. The molecule has 1 aliphatic carbocycles. The Bertz CT molecular complexity index is 680. The van der Waals surface area contributed by atoms with Crippen LogP contribution >= 0.6 is 0 Å². The molecule has 0 bridgehead atoms. The van der Waals surface area contributed by atoms with Gasteiger partial charge in [-0.05, 0) is 49.3 Å². The van der Waals surface area contributed by atoms with Crippen molar-refractivity contribution in [2.75, 3.05) is 5.73 Å². The van der Waals surface area contributed by atoms with Crippen LogP contribution in [-0.2, 0) is 0 Å². The van der Waals surface area contributed by atoms with Crippen molar-refractivity contribution in [3.63, 3.8) is 0 Å². The van der Waals surface area contributed by atoms with Crippen molar-refractivity contribution in [2.45, 2.75) is 39.2 Å². The van der Waals surface area contributed by atoms with Gasteiger partial charge < -0.3 is 10.3 Å². The first kappa shape index (κ1) is 13.0. The van der Waals surface area contributed by atoms with Crippen LogP contribution in [0.2, 0.25) is 0 Å². The zero-order valence-electron chi connectivity index (χ0n) is 12.0. The molecule has 1 heterocycles. The number of aromatic nitrogens is 2. The lowest BCUT2D eigenvalue weighted by atomic mass is 9.79. The smallest absolute Gasteiger partial charge is 0.201 e. The molecule has 1 aliphatic rings. The fourth-order valence-corrected chi connectivity index (χ4v) is 3.56. The summed E-state index contributed by atoms with van der Waals surface area (Å²) in [5, 5.41) is 9.08. The van der Waals surface area contributed by atoms with Crippen LogP contribution in [0.15, 0.2) is 18.2 Å². The summed E-state index contributed by atoms with van der Waals surface area (Å²) >= 11 is 0. The number of hydrogen-bond donors (Lipinski definition) is 1. The van der Waals surface area contributed by atoms with E-state index in [0.717, 1.165) is 23.4 Å². The third-order valence-corrected chi connectivity index (χ3v) is 4.56. The second-order valence-corrected chi connectivity index (χ2v) is 6.12. The first-order valence-electron chi connectivity index (χ1n) is 7.27. The lowest BCUT2D eigenvalue weighted by molar-refractivity contribution is 0.213. The summed E-state index contributed by atoms with van der Waals surface area (Å²) in [6, 6.07) is 8.18. The molecule has 0 spiro atoms. The van der Waals surface area contributed by atoms with Crippen molar-refractivity contribution < 1.29 is 0 Å². The van der Waals surface area contributed by atoms with Crippen LogP contribution < -0.4 is 5.73 Å². The molecule has 0 radical (unpaired) electrons. The molecule has 3 unspecified atom stereocenters. The number of fused-ring (bicyclic) bond motifs is 1. The molecule has 0 aliphatic heterocycles. The molecular weight excluding hydrogens is 248 g/mol. The third kappa shape index (κ3) is 2.03. The lowest BCUT2D eigenvalue weighted by Crippen LogP contribution is -2.25. The molecule has 104 valence electrons. The molecule has 0 saturated heterocycles. The van der Waals surface area contributed by atoms with Crippen molar-refractivity contribution in [1.29, 1.82) is 5.26 Å². The molecule has 4 nitrogen and oxygen atoms in total. The normalized spacial score (nSPS) is 26.6. The maximum absolute atomic E-state index is 9.08. The fourth-order valence-electron chi connectivity index (χ4n) is 3.56. The number of nitrogens with zero attached hydrogens (tertiary/aromatic N) is 3. The van der Waals surface area contributed by atoms with E-state index in [2.05, 4.69) is 29.5 Å². The van der Waals surface area contributed by atoms with Crippen LogP contribution in [0.3, 0.4) is 0 Å². The summed E-state index contributed by atoms with van der Waals surface area (Å²) in [6.07, 6.45) is 3.59. The summed E-state index contributed by atoms with van der Waals surface area (Å²) in [7, 11) is 0. The summed E-state index contributed by atoms with van der Waals surface area (Å²) < 4.78 is 2.15. The standard InChI is InChI=1S/C16H20N4/c1-10-3-6-14(11(2)7-10)20-15-8-12(9-17)4-5-13(15)19-16(20)18/h4-5,8,10-11,14H,3,6-7H2,1-2H3,(H2,18,19). The van der Waals surface area contributed by atoms with E-state index in [-0.39, 0.29) is 0 Å². The Hall–Kier alpha value is -2.02. The van der Waals surface area contributed by atoms with Gasteiger partial charge >= 0.3 is 0 Å². The molecule has 1 aromatic heterocycles. The zero-order chi connectivity index (χ0) is 14.3. The van der Waals surface area contributed by atoms with Gasteiger partial charge in [0.2, 0.25) is 5.95 Å². The van der Waals surface area contributed by atoms with Crippen molar-refractivity contribution in [3.05, 3.63) is 23.8 Å². The van der Waals surface area contributed by atoms with E-state index in [4.69, 9.17) is 11.0 Å². The molecule has 1 aromatic carbocycles. The van der Waals surface area contributed by atoms with Crippen LogP contribution in [0.4, 0.5) is 5.95 Å². The number of hydrogen-bond acceptors (Lipinski definition) is 3. The van der Waals surface area contributed by atoms with E-state index in [1.165, 1.54) is 12.8 Å². The van der Waals surface area contributed by atoms with Gasteiger partial charge in [-0.3, -0.25) is 0 Å². The molecule has 3 rings (SSSR count). The number of rotatable bonds is 1. The van der Waals surface area contributed by atoms with E-state index in [9.17, 15) is 0 Å². The summed E-state index contributed by atoms with van der Waals surface area (Å²) in [5.74, 6) is 1.94. The monoisotopic (exact) mass is 268 g/mol. The molecule has 2 N–H and O–H groups in total. The maximum Gasteiger partial charge on any atom is 0.201 e. The minimum Gasteiger partial charge on any atom is -0.369 e. The Morgan fingerprint density at radius 1 is 1.35 bits per heavy atom. The van der Waals surface area contributed by atoms with Gasteiger partial charge in [0.15, 0.2) is 0 Å². The van der Waals surface area contributed by atoms with Gasteiger partial charge in [0, 0.05) is 6.04 Å². The average Bonchev–Trinajstić information content (AvgIpc) is 2.74. The molecule has 4 heteroatoms. The van der Waals surface area contributed by atoms with Crippen molar-refractivity contribution in [1.82, 2.24) is 9.55 Å². The van der Waals surface area contributed by atoms with Gasteiger partial charge in [0.25, 0.3) is 0 Å². The highest BCUT2D eigenvalue weighted by atomic mass is 15.2. The number of benzene rings is 1. The Morgan fingerprint density at radius 3 is 2.85 bits per heavy atom. The van der Waals surface area contributed by atoms with E-state index in [1.807, 2.05) is 12.1 Å². The number of nitrogen functional groups attached to an aromatic ring is 1. The highest BCUT2D eigenvalue weighted by molar-refractivity contribution is 5.80. The Balaban J connectivity index is 2.10. The molecular formula is C16H20N4. The summed E-state index contributed by atoms with van der Waals surface area (Å²) in [6.45, 7) is 4.61. The predicted octanol–water partition coefficient (Wildman–Crippen LogP) is 3.49. The molecule has 20 heavy (non-hydrogen) atoms. The number of anilines is 1. The minimum absolute atomic E-state index is 0.394. The maximum atomic E-state index is 9.08. The van der Waals surface area contributed by atoms with Gasteiger partial charge in [-0.2, -0.15) is 5.26 Å². The number of imidazole rings is 1. The molecule has 2 aromatic rings. The van der Waals surface area contributed by atoms with E-state index >= 15 is 0 Å². The first-order chi connectivity index (χ1) is 9.60. The van der Waals surface area contributed by atoms with Crippen LogP contribution in [0.5, 0.6) is 0 Å². The molecule has 1 fully saturated rings. The van der Waals surface area contributed by atoms with Crippen LogP contribution in [0.1, 0.15) is 44.7 Å². The van der Waals surface area contributed by atoms with Gasteiger partial charge in [-0.15, -0.1) is 0 Å². The predicted molar refractivity (Wildman–Crippen MR) is 80.1 cm³/mol. The Morgan fingerprint density at radius 2 is 2.15 bits per heavy atom. The molecule has 3 atom stereocenters. The Labute approximate surface area is 119 Å². The highest BCUT2D eigenvalue weighted by Gasteiger charge is 2.29. The fraction of sp³-hybridized carbons (Fsp3) is 0.500. The van der Waals surface area contributed by atoms with Crippen LogP contribution in [0, 0.1) is 23.2 Å². The number of nitriles is 1. The van der Waals surface area contributed by atoms with E-state index < -0.39 is 0 Å². The summed E-state index contributed by atoms with van der Waals surface area (Å²) in [5.41, 5.74) is 8.68. The third-order valence-electron chi connectivity index (χ3n) is 4.56. The second-order valence-electron chi connectivity index (χ2n) is 6.12. The zero-order valence-corrected chi connectivity index (χ0v) is 12.0. The average molecular weight is 268 g/mol. The van der Waals surface area contributed by atoms with Crippen LogP contribution in [-0.4, -0.2) is 9.55 Å². The lowest BCUT2D eigenvalue weighted by Gasteiger charge is -2.34. The quantitative estimate of drug-likeness (QED) is 0.860. The van der Waals surface area contributed by atoms with Crippen molar-refractivity contribution in [3.8, 4) is 6.07 Å². The molecule has 0 amide bonds. The molecule has 1 saturated carbocycles.